The lowest BCUT2D eigenvalue weighted by Crippen LogP contribution is -1.97. The Morgan fingerprint density at radius 3 is 1.29 bits per heavy atom. The van der Waals surface area contributed by atoms with Crippen molar-refractivity contribution in [1.82, 2.24) is 4.57 Å². The molecule has 51 heavy (non-hydrogen) atoms. The van der Waals surface area contributed by atoms with Crippen molar-refractivity contribution in [1.29, 1.82) is 0 Å². The Hall–Kier alpha value is -6.18. The lowest BCUT2D eigenvalue weighted by Gasteiger charge is -2.12. The van der Waals surface area contributed by atoms with E-state index in [1.165, 1.54) is 98.4 Å². The van der Waals surface area contributed by atoms with Crippen molar-refractivity contribution >= 4 is 64.9 Å². The van der Waals surface area contributed by atoms with Crippen LogP contribution in [0.15, 0.2) is 170 Å². The second-order valence-corrected chi connectivity index (χ2v) is 14.4. The number of hydrogen-bond acceptors (Lipinski definition) is 0. The number of aromatic nitrogens is 1. The molecule has 0 fully saturated rings. The summed E-state index contributed by atoms with van der Waals surface area (Å²) < 4.78 is 2.45. The number of nitrogens with zero attached hydrogens (tertiary/aromatic N) is 1. The van der Waals surface area contributed by atoms with Crippen molar-refractivity contribution in [3.8, 4) is 27.9 Å². The highest BCUT2D eigenvalue weighted by Gasteiger charge is 2.17. The summed E-state index contributed by atoms with van der Waals surface area (Å²) in [6.07, 6.45) is 1.08. The van der Waals surface area contributed by atoms with Gasteiger partial charge >= 0.3 is 0 Å². The van der Waals surface area contributed by atoms with E-state index in [-0.39, 0.29) is 0 Å². The monoisotopic (exact) mass is 651 g/mol. The predicted molar refractivity (Wildman–Crippen MR) is 220 cm³/mol. The molecule has 1 heterocycles. The second kappa shape index (κ2) is 11.7. The van der Waals surface area contributed by atoms with E-state index in [9.17, 15) is 0 Å². The molecule has 10 rings (SSSR count). The highest BCUT2D eigenvalue weighted by molar-refractivity contribution is 6.18. The van der Waals surface area contributed by atoms with Crippen molar-refractivity contribution in [2.24, 2.45) is 5.92 Å². The molecule has 1 heteroatoms. The Balaban J connectivity index is 1.25. The first kappa shape index (κ1) is 29.7. The maximum absolute atomic E-state index is 2.45. The number of rotatable bonds is 5. The third-order valence-corrected chi connectivity index (χ3v) is 10.8. The molecule has 0 atom stereocenters. The van der Waals surface area contributed by atoms with Crippen LogP contribution < -0.4 is 0 Å². The minimum absolute atomic E-state index is 0.623. The summed E-state index contributed by atoms with van der Waals surface area (Å²) in [4.78, 5) is 0. The van der Waals surface area contributed by atoms with Gasteiger partial charge in [0, 0.05) is 16.5 Å². The van der Waals surface area contributed by atoms with Crippen LogP contribution in [0.2, 0.25) is 0 Å². The third-order valence-electron chi connectivity index (χ3n) is 10.8. The van der Waals surface area contributed by atoms with Crippen LogP contribution in [0, 0.1) is 5.92 Å². The SMILES string of the molecule is CC(C)Cc1ccc(-n2c3ccc(-c4cc5ccccc5c5ccccc45)cc3c3cc(-c4cc5ccccc5c5ccccc45)ccc32)cc1. The van der Waals surface area contributed by atoms with Crippen LogP contribution >= 0.6 is 0 Å². The van der Waals surface area contributed by atoms with E-state index in [0.717, 1.165) is 6.42 Å². The van der Waals surface area contributed by atoms with Crippen LogP contribution in [0.3, 0.4) is 0 Å². The zero-order chi connectivity index (χ0) is 34.1. The van der Waals surface area contributed by atoms with E-state index in [1.807, 2.05) is 0 Å². The van der Waals surface area contributed by atoms with E-state index >= 15 is 0 Å². The summed E-state index contributed by atoms with van der Waals surface area (Å²) >= 11 is 0. The molecule has 1 nitrogen and oxygen atoms in total. The largest absolute Gasteiger partial charge is 0.309 e. The fraction of sp³-hybridized carbons (Fsp3) is 0.0800. The van der Waals surface area contributed by atoms with Gasteiger partial charge in [-0.05, 0) is 132 Å². The highest BCUT2D eigenvalue weighted by Crippen LogP contribution is 2.42. The predicted octanol–water partition coefficient (Wildman–Crippen LogP) is 13.9. The molecule has 0 N–H and O–H groups in total. The van der Waals surface area contributed by atoms with Crippen LogP contribution in [-0.4, -0.2) is 4.57 Å². The molecule has 0 amide bonds. The second-order valence-electron chi connectivity index (χ2n) is 14.4. The molecular formula is C50H37N. The van der Waals surface area contributed by atoms with Crippen LogP contribution in [0.4, 0.5) is 0 Å². The summed E-state index contributed by atoms with van der Waals surface area (Å²) in [5, 5.41) is 12.8. The van der Waals surface area contributed by atoms with Crippen molar-refractivity contribution < 1.29 is 0 Å². The Kier molecular flexibility index (Phi) is 6.82. The van der Waals surface area contributed by atoms with Gasteiger partial charge in [0.2, 0.25) is 0 Å². The summed E-state index contributed by atoms with van der Waals surface area (Å²) in [7, 11) is 0. The Labute approximate surface area is 298 Å². The van der Waals surface area contributed by atoms with Crippen molar-refractivity contribution in [3.05, 3.63) is 175 Å². The lowest BCUT2D eigenvalue weighted by molar-refractivity contribution is 0.647. The van der Waals surface area contributed by atoms with Crippen molar-refractivity contribution in [2.45, 2.75) is 20.3 Å². The maximum Gasteiger partial charge on any atom is 0.0541 e. The normalized spacial score (nSPS) is 12.0. The third kappa shape index (κ3) is 4.84. The maximum atomic E-state index is 2.45. The van der Waals surface area contributed by atoms with E-state index in [2.05, 4.69) is 188 Å². The molecule has 0 bridgehead atoms. The number of benzene rings is 9. The van der Waals surface area contributed by atoms with Crippen molar-refractivity contribution in [2.75, 3.05) is 0 Å². The molecule has 0 unspecified atom stereocenters. The van der Waals surface area contributed by atoms with Crippen molar-refractivity contribution in [3.63, 3.8) is 0 Å². The molecule has 0 saturated heterocycles. The Morgan fingerprint density at radius 2 is 0.824 bits per heavy atom. The molecule has 0 aliphatic carbocycles. The Bertz CT molecular complexity index is 2780. The first-order valence-electron chi connectivity index (χ1n) is 18.1. The fourth-order valence-corrected chi connectivity index (χ4v) is 8.48. The van der Waals surface area contributed by atoms with Gasteiger partial charge in [-0.15, -0.1) is 0 Å². The summed E-state index contributed by atoms with van der Waals surface area (Å²) in [6.45, 7) is 4.57. The average molecular weight is 652 g/mol. The quantitative estimate of drug-likeness (QED) is 0.163. The molecule has 0 saturated carbocycles. The van der Waals surface area contributed by atoms with Gasteiger partial charge in [-0.1, -0.05) is 135 Å². The minimum atomic E-state index is 0.623. The van der Waals surface area contributed by atoms with Gasteiger partial charge in [-0.3, -0.25) is 0 Å². The van der Waals surface area contributed by atoms with E-state index < -0.39 is 0 Å². The van der Waals surface area contributed by atoms with Crippen LogP contribution in [-0.2, 0) is 6.42 Å². The topological polar surface area (TPSA) is 4.93 Å². The van der Waals surface area contributed by atoms with E-state index in [0.29, 0.717) is 5.92 Å². The number of fused-ring (bicyclic) bond motifs is 9. The van der Waals surface area contributed by atoms with Gasteiger partial charge in [0.15, 0.2) is 0 Å². The smallest absolute Gasteiger partial charge is 0.0541 e. The van der Waals surface area contributed by atoms with Gasteiger partial charge in [0.05, 0.1) is 11.0 Å². The summed E-state index contributed by atoms with van der Waals surface area (Å²) in [5.74, 6) is 0.623. The van der Waals surface area contributed by atoms with E-state index in [4.69, 9.17) is 0 Å². The molecule has 10 aromatic rings. The zero-order valence-corrected chi connectivity index (χ0v) is 28.9. The molecule has 0 radical (unpaired) electrons. The van der Waals surface area contributed by atoms with Crippen LogP contribution in [0.5, 0.6) is 0 Å². The lowest BCUT2D eigenvalue weighted by atomic mass is 9.92. The van der Waals surface area contributed by atoms with Gasteiger partial charge in [-0.25, -0.2) is 0 Å². The first-order chi connectivity index (χ1) is 25.1. The highest BCUT2D eigenvalue weighted by atomic mass is 15.0. The molecule has 9 aromatic carbocycles. The first-order valence-corrected chi connectivity index (χ1v) is 18.1. The van der Waals surface area contributed by atoms with Gasteiger partial charge in [0.1, 0.15) is 0 Å². The number of hydrogen-bond donors (Lipinski definition) is 0. The molecule has 0 aliphatic heterocycles. The zero-order valence-electron chi connectivity index (χ0n) is 28.9. The summed E-state index contributed by atoms with van der Waals surface area (Å²) in [5.41, 5.74) is 10.0. The van der Waals surface area contributed by atoms with Crippen LogP contribution in [0.25, 0.3) is 92.8 Å². The van der Waals surface area contributed by atoms with Gasteiger partial charge in [0.25, 0.3) is 0 Å². The molecular weight excluding hydrogens is 615 g/mol. The van der Waals surface area contributed by atoms with E-state index in [1.54, 1.807) is 0 Å². The summed E-state index contributed by atoms with van der Waals surface area (Å²) in [6, 6.07) is 63.3. The standard InChI is InChI=1S/C50H37N/c1-32(2)27-33-19-23-38(24-20-33)51-49-25-21-36(45-28-34-11-3-5-13-39(34)41-15-7-9-17-43(41)45)30-47(49)48-31-37(22-26-50(48)51)46-29-35-12-4-6-14-40(35)42-16-8-10-18-44(42)46/h3-26,28-32H,27H2,1-2H3. The fourth-order valence-electron chi connectivity index (χ4n) is 8.48. The van der Waals surface area contributed by atoms with Crippen LogP contribution in [0.1, 0.15) is 19.4 Å². The Morgan fingerprint density at radius 1 is 0.392 bits per heavy atom. The molecule has 1 aromatic heterocycles. The average Bonchev–Trinajstić information content (AvgIpc) is 3.50. The van der Waals surface area contributed by atoms with Gasteiger partial charge in [-0.2, -0.15) is 0 Å². The molecule has 0 aliphatic rings. The molecule has 0 spiro atoms. The minimum Gasteiger partial charge on any atom is -0.309 e. The molecule has 242 valence electrons. The van der Waals surface area contributed by atoms with Gasteiger partial charge < -0.3 is 4.57 Å².